The Kier molecular flexibility index (Phi) is 5.52. The molecule has 2 aromatic carbocycles. The van der Waals surface area contributed by atoms with Crippen LogP contribution in [0.4, 0.5) is 16.2 Å². The number of benzene rings is 2. The molecule has 0 aliphatic heterocycles. The van der Waals surface area contributed by atoms with Crippen molar-refractivity contribution >= 4 is 23.0 Å². The molecular weight excluding hydrogens is 310 g/mol. The Balaban J connectivity index is 2.07. The zero-order valence-electron chi connectivity index (χ0n) is 15.7. The second kappa shape index (κ2) is 7.43. The van der Waals surface area contributed by atoms with Crippen molar-refractivity contribution in [2.45, 2.75) is 26.3 Å². The molecule has 132 valence electrons. The molecule has 0 aliphatic rings. The van der Waals surface area contributed by atoms with Crippen molar-refractivity contribution in [2.75, 3.05) is 24.3 Å². The van der Waals surface area contributed by atoms with Gasteiger partial charge in [0.05, 0.1) is 5.54 Å². The number of carbonyl (C=O) groups excluding carboxylic acids is 1. The predicted octanol–water partition coefficient (Wildman–Crippen LogP) is 4.84. The summed E-state index contributed by atoms with van der Waals surface area (Å²) in [6, 6.07) is 15.6. The van der Waals surface area contributed by atoms with Gasteiger partial charge in [0.15, 0.2) is 0 Å². The SMILES string of the molecule is C=C(C)c1cccc(C(C)(C)NC(=O)Nc2ccc(N(C)C)cc2)c1. The average Bonchev–Trinajstić information content (AvgIpc) is 2.54. The second-order valence-electron chi connectivity index (χ2n) is 7.01. The minimum Gasteiger partial charge on any atom is -0.378 e. The van der Waals surface area contributed by atoms with Gasteiger partial charge in [-0.05, 0) is 62.2 Å². The smallest absolute Gasteiger partial charge is 0.319 e. The number of allylic oxidation sites excluding steroid dienone is 1. The molecule has 0 saturated heterocycles. The zero-order chi connectivity index (χ0) is 18.6. The highest BCUT2D eigenvalue weighted by Crippen LogP contribution is 2.24. The lowest BCUT2D eigenvalue weighted by molar-refractivity contribution is 0.242. The molecule has 2 amide bonds. The molecule has 0 saturated carbocycles. The first-order valence-corrected chi connectivity index (χ1v) is 8.32. The third kappa shape index (κ3) is 4.86. The maximum absolute atomic E-state index is 12.4. The number of hydrogen-bond donors (Lipinski definition) is 2. The molecule has 0 aliphatic carbocycles. The fourth-order valence-corrected chi connectivity index (χ4v) is 2.53. The van der Waals surface area contributed by atoms with Crippen LogP contribution < -0.4 is 15.5 Å². The van der Waals surface area contributed by atoms with Crippen LogP contribution in [0.15, 0.2) is 55.1 Å². The van der Waals surface area contributed by atoms with Crippen LogP contribution in [0, 0.1) is 0 Å². The van der Waals surface area contributed by atoms with Crippen LogP contribution in [0.3, 0.4) is 0 Å². The highest BCUT2D eigenvalue weighted by molar-refractivity contribution is 5.90. The van der Waals surface area contributed by atoms with Crippen molar-refractivity contribution in [2.24, 2.45) is 0 Å². The van der Waals surface area contributed by atoms with Crippen molar-refractivity contribution < 1.29 is 4.79 Å². The minimum atomic E-state index is -0.501. The predicted molar refractivity (Wildman–Crippen MR) is 107 cm³/mol. The van der Waals surface area contributed by atoms with Gasteiger partial charge < -0.3 is 15.5 Å². The van der Waals surface area contributed by atoms with Crippen molar-refractivity contribution in [1.82, 2.24) is 5.32 Å². The van der Waals surface area contributed by atoms with Gasteiger partial charge in [0, 0.05) is 25.5 Å². The van der Waals surface area contributed by atoms with Crippen molar-refractivity contribution in [3.8, 4) is 0 Å². The molecule has 4 nitrogen and oxygen atoms in total. The molecule has 0 atom stereocenters. The highest BCUT2D eigenvalue weighted by atomic mass is 16.2. The number of rotatable bonds is 5. The molecule has 0 heterocycles. The maximum atomic E-state index is 12.4. The lowest BCUT2D eigenvalue weighted by Crippen LogP contribution is -2.43. The van der Waals surface area contributed by atoms with Gasteiger partial charge in [0.1, 0.15) is 0 Å². The summed E-state index contributed by atoms with van der Waals surface area (Å²) in [4.78, 5) is 14.4. The van der Waals surface area contributed by atoms with Crippen molar-refractivity contribution in [3.05, 3.63) is 66.2 Å². The number of carbonyl (C=O) groups is 1. The van der Waals surface area contributed by atoms with E-state index in [-0.39, 0.29) is 6.03 Å². The molecule has 0 radical (unpaired) electrons. The zero-order valence-corrected chi connectivity index (χ0v) is 15.7. The number of urea groups is 1. The first kappa shape index (κ1) is 18.6. The molecule has 4 heteroatoms. The molecule has 0 spiro atoms. The van der Waals surface area contributed by atoms with Gasteiger partial charge in [-0.2, -0.15) is 0 Å². The van der Waals surface area contributed by atoms with Crippen LogP contribution in [-0.2, 0) is 5.54 Å². The van der Waals surface area contributed by atoms with Gasteiger partial charge >= 0.3 is 6.03 Å². The maximum Gasteiger partial charge on any atom is 0.319 e. The monoisotopic (exact) mass is 337 g/mol. The summed E-state index contributed by atoms with van der Waals surface area (Å²) in [7, 11) is 3.97. The van der Waals surface area contributed by atoms with E-state index in [1.807, 2.05) is 82.2 Å². The number of anilines is 2. The lowest BCUT2D eigenvalue weighted by Gasteiger charge is -2.27. The minimum absolute atomic E-state index is 0.233. The van der Waals surface area contributed by atoms with Crippen LogP contribution in [-0.4, -0.2) is 20.1 Å². The molecule has 0 unspecified atom stereocenters. The largest absolute Gasteiger partial charge is 0.378 e. The highest BCUT2D eigenvalue weighted by Gasteiger charge is 2.23. The van der Waals surface area contributed by atoms with E-state index in [9.17, 15) is 4.79 Å². The number of hydrogen-bond acceptors (Lipinski definition) is 2. The molecule has 2 aromatic rings. The normalized spacial score (nSPS) is 10.9. The van der Waals surface area contributed by atoms with Gasteiger partial charge in [-0.3, -0.25) is 0 Å². The third-order valence-electron chi connectivity index (χ3n) is 4.14. The van der Waals surface area contributed by atoms with E-state index in [4.69, 9.17) is 0 Å². The Bertz CT molecular complexity index is 761. The summed E-state index contributed by atoms with van der Waals surface area (Å²) in [6.07, 6.45) is 0. The van der Waals surface area contributed by atoms with Crippen LogP contribution in [0.1, 0.15) is 31.9 Å². The van der Waals surface area contributed by atoms with E-state index in [1.165, 1.54) is 0 Å². The summed E-state index contributed by atoms with van der Waals surface area (Å²) in [5.41, 5.74) is 4.46. The molecule has 2 rings (SSSR count). The number of nitrogens with zero attached hydrogens (tertiary/aromatic N) is 1. The Morgan fingerprint density at radius 1 is 1.08 bits per heavy atom. The topological polar surface area (TPSA) is 44.4 Å². The first-order valence-electron chi connectivity index (χ1n) is 8.32. The number of amides is 2. The molecule has 0 aromatic heterocycles. The van der Waals surface area contributed by atoms with Crippen LogP contribution >= 0.6 is 0 Å². The summed E-state index contributed by atoms with van der Waals surface area (Å²) < 4.78 is 0. The summed E-state index contributed by atoms with van der Waals surface area (Å²) in [5, 5.41) is 5.92. The number of nitrogens with one attached hydrogen (secondary N) is 2. The molecule has 0 bridgehead atoms. The van der Waals surface area contributed by atoms with E-state index in [2.05, 4.69) is 23.3 Å². The Morgan fingerprint density at radius 2 is 1.72 bits per heavy atom. The van der Waals surface area contributed by atoms with Gasteiger partial charge in [-0.25, -0.2) is 4.79 Å². The van der Waals surface area contributed by atoms with E-state index >= 15 is 0 Å². The first-order chi connectivity index (χ1) is 11.7. The summed E-state index contributed by atoms with van der Waals surface area (Å²) in [6.45, 7) is 9.93. The lowest BCUT2D eigenvalue weighted by atomic mass is 9.92. The van der Waals surface area contributed by atoms with Gasteiger partial charge in [-0.15, -0.1) is 0 Å². The quantitative estimate of drug-likeness (QED) is 0.820. The van der Waals surface area contributed by atoms with Gasteiger partial charge in [0.2, 0.25) is 0 Å². The van der Waals surface area contributed by atoms with Crippen LogP contribution in [0.2, 0.25) is 0 Å². The van der Waals surface area contributed by atoms with Gasteiger partial charge in [0.25, 0.3) is 0 Å². The van der Waals surface area contributed by atoms with Crippen molar-refractivity contribution in [3.63, 3.8) is 0 Å². The van der Waals surface area contributed by atoms with E-state index in [0.29, 0.717) is 0 Å². The van der Waals surface area contributed by atoms with Crippen LogP contribution in [0.5, 0.6) is 0 Å². The van der Waals surface area contributed by atoms with E-state index in [0.717, 1.165) is 28.1 Å². The standard InChI is InChI=1S/C21H27N3O/c1-15(2)16-8-7-9-17(14-16)21(3,4)23-20(25)22-18-10-12-19(13-11-18)24(5)6/h7-14H,1H2,2-6H3,(H2,22,23,25). The molecular formula is C21H27N3O. The van der Waals surface area contributed by atoms with E-state index in [1.54, 1.807) is 0 Å². The van der Waals surface area contributed by atoms with Gasteiger partial charge in [-0.1, -0.05) is 30.4 Å². The Hall–Kier alpha value is -2.75. The third-order valence-corrected chi connectivity index (χ3v) is 4.14. The Labute approximate surface area is 150 Å². The fourth-order valence-electron chi connectivity index (χ4n) is 2.53. The second-order valence-corrected chi connectivity index (χ2v) is 7.01. The molecule has 0 fully saturated rings. The Morgan fingerprint density at radius 3 is 2.28 bits per heavy atom. The average molecular weight is 337 g/mol. The molecule has 25 heavy (non-hydrogen) atoms. The van der Waals surface area contributed by atoms with Crippen molar-refractivity contribution in [1.29, 1.82) is 0 Å². The molecule has 2 N–H and O–H groups in total. The summed E-state index contributed by atoms with van der Waals surface area (Å²) in [5.74, 6) is 0. The van der Waals surface area contributed by atoms with Crippen LogP contribution in [0.25, 0.3) is 5.57 Å². The summed E-state index contributed by atoms with van der Waals surface area (Å²) >= 11 is 0. The fraction of sp³-hybridized carbons (Fsp3) is 0.286. The van der Waals surface area contributed by atoms with E-state index < -0.39 is 5.54 Å².